The Morgan fingerprint density at radius 1 is 1.10 bits per heavy atom. The van der Waals surface area contributed by atoms with Crippen LogP contribution in [-0.4, -0.2) is 55.2 Å². The predicted octanol–water partition coefficient (Wildman–Crippen LogP) is 1.74. The molecule has 110 valence electrons. The highest BCUT2D eigenvalue weighted by Crippen LogP contribution is 2.18. The fourth-order valence-electron chi connectivity index (χ4n) is 2.80. The van der Waals surface area contributed by atoms with Crippen molar-refractivity contribution in [3.63, 3.8) is 0 Å². The third-order valence-electron chi connectivity index (χ3n) is 4.26. The van der Waals surface area contributed by atoms with E-state index in [-0.39, 0.29) is 0 Å². The van der Waals surface area contributed by atoms with Gasteiger partial charge in [0, 0.05) is 38.4 Å². The normalized spacial score (nSPS) is 20.3. The number of piperazine rings is 1. The van der Waals surface area contributed by atoms with Gasteiger partial charge >= 0.3 is 0 Å². The molecule has 0 amide bonds. The van der Waals surface area contributed by atoms with Crippen LogP contribution in [0.2, 0.25) is 0 Å². The van der Waals surface area contributed by atoms with Crippen molar-refractivity contribution < 1.29 is 0 Å². The number of nitrogens with one attached hydrogen (secondary N) is 1. The zero-order chi connectivity index (χ0) is 13.6. The smallest absolute Gasteiger partial charge is 0.128 e. The SMILES string of the molecule is c1ccc(N2CCN(CCCCNC3CC3)CC2)nc1. The van der Waals surface area contributed by atoms with Crippen LogP contribution in [-0.2, 0) is 0 Å². The van der Waals surface area contributed by atoms with Gasteiger partial charge < -0.3 is 10.2 Å². The Hall–Kier alpha value is -1.13. The lowest BCUT2D eigenvalue weighted by Crippen LogP contribution is -2.47. The first-order valence-corrected chi connectivity index (χ1v) is 8.03. The minimum atomic E-state index is 0.858. The molecule has 4 nitrogen and oxygen atoms in total. The molecule has 2 heterocycles. The lowest BCUT2D eigenvalue weighted by molar-refractivity contribution is 0.252. The first-order valence-electron chi connectivity index (χ1n) is 8.03. The second-order valence-corrected chi connectivity index (χ2v) is 5.95. The first kappa shape index (κ1) is 13.8. The quantitative estimate of drug-likeness (QED) is 0.767. The van der Waals surface area contributed by atoms with Gasteiger partial charge in [0.1, 0.15) is 5.82 Å². The summed E-state index contributed by atoms with van der Waals surface area (Å²) in [4.78, 5) is 9.42. The number of aromatic nitrogens is 1. The number of nitrogens with zero attached hydrogens (tertiary/aromatic N) is 3. The maximum Gasteiger partial charge on any atom is 0.128 e. The maximum absolute atomic E-state index is 4.44. The van der Waals surface area contributed by atoms with E-state index in [9.17, 15) is 0 Å². The molecule has 1 N–H and O–H groups in total. The van der Waals surface area contributed by atoms with Crippen molar-refractivity contribution in [3.05, 3.63) is 24.4 Å². The third-order valence-corrected chi connectivity index (χ3v) is 4.26. The fraction of sp³-hybridized carbons (Fsp3) is 0.688. The molecule has 1 aliphatic carbocycles. The van der Waals surface area contributed by atoms with E-state index in [1.807, 2.05) is 12.3 Å². The summed E-state index contributed by atoms with van der Waals surface area (Å²) >= 11 is 0. The minimum absolute atomic E-state index is 0.858. The van der Waals surface area contributed by atoms with Crippen molar-refractivity contribution in [1.29, 1.82) is 0 Å². The van der Waals surface area contributed by atoms with Crippen molar-refractivity contribution >= 4 is 5.82 Å². The van der Waals surface area contributed by atoms with Crippen molar-refractivity contribution in [2.45, 2.75) is 31.7 Å². The minimum Gasteiger partial charge on any atom is -0.354 e. The summed E-state index contributed by atoms with van der Waals surface area (Å²) < 4.78 is 0. The second-order valence-electron chi connectivity index (χ2n) is 5.95. The molecule has 2 fully saturated rings. The molecule has 0 atom stereocenters. The average molecular weight is 274 g/mol. The molecule has 1 saturated heterocycles. The molecule has 1 aromatic heterocycles. The monoisotopic (exact) mass is 274 g/mol. The van der Waals surface area contributed by atoms with Crippen molar-refractivity contribution in [2.75, 3.05) is 44.2 Å². The summed E-state index contributed by atoms with van der Waals surface area (Å²) in [5.74, 6) is 1.13. The van der Waals surface area contributed by atoms with Crippen LogP contribution in [0.3, 0.4) is 0 Å². The molecule has 0 bridgehead atoms. The summed E-state index contributed by atoms with van der Waals surface area (Å²) in [5.41, 5.74) is 0. The number of anilines is 1. The molecular weight excluding hydrogens is 248 g/mol. The molecule has 1 aliphatic heterocycles. The van der Waals surface area contributed by atoms with Crippen molar-refractivity contribution in [1.82, 2.24) is 15.2 Å². The van der Waals surface area contributed by atoms with Gasteiger partial charge in [-0.05, 0) is 50.9 Å². The number of rotatable bonds is 7. The van der Waals surface area contributed by atoms with Gasteiger partial charge in [-0.3, -0.25) is 4.90 Å². The number of unbranched alkanes of at least 4 members (excludes halogenated alkanes) is 1. The molecule has 0 aromatic carbocycles. The Balaban J connectivity index is 1.29. The molecule has 1 saturated carbocycles. The lowest BCUT2D eigenvalue weighted by atomic mass is 10.2. The zero-order valence-corrected chi connectivity index (χ0v) is 12.3. The van der Waals surface area contributed by atoms with Crippen LogP contribution in [0, 0.1) is 0 Å². The Kier molecular flexibility index (Phi) is 4.87. The van der Waals surface area contributed by atoms with Gasteiger partial charge in [-0.1, -0.05) is 6.07 Å². The van der Waals surface area contributed by atoms with E-state index in [4.69, 9.17) is 0 Å². The summed E-state index contributed by atoms with van der Waals surface area (Å²) in [6.07, 6.45) is 7.32. The molecule has 4 heteroatoms. The van der Waals surface area contributed by atoms with E-state index >= 15 is 0 Å². The van der Waals surface area contributed by atoms with Crippen LogP contribution in [0.15, 0.2) is 24.4 Å². The van der Waals surface area contributed by atoms with Gasteiger partial charge in [-0.25, -0.2) is 4.98 Å². The predicted molar refractivity (Wildman–Crippen MR) is 83.1 cm³/mol. The fourth-order valence-corrected chi connectivity index (χ4v) is 2.80. The summed E-state index contributed by atoms with van der Waals surface area (Å²) in [5, 5.41) is 3.59. The number of hydrogen-bond donors (Lipinski definition) is 1. The summed E-state index contributed by atoms with van der Waals surface area (Å²) in [6.45, 7) is 7.02. The van der Waals surface area contributed by atoms with Crippen LogP contribution in [0.1, 0.15) is 25.7 Å². The van der Waals surface area contributed by atoms with Crippen LogP contribution in [0.5, 0.6) is 0 Å². The molecule has 1 aromatic rings. The molecule has 0 spiro atoms. The molecule has 0 radical (unpaired) electrons. The lowest BCUT2D eigenvalue weighted by Gasteiger charge is -2.35. The van der Waals surface area contributed by atoms with E-state index in [0.29, 0.717) is 0 Å². The molecule has 0 unspecified atom stereocenters. The van der Waals surface area contributed by atoms with Gasteiger partial charge in [0.2, 0.25) is 0 Å². The Morgan fingerprint density at radius 2 is 1.95 bits per heavy atom. The van der Waals surface area contributed by atoms with Crippen LogP contribution in [0.4, 0.5) is 5.82 Å². The number of hydrogen-bond acceptors (Lipinski definition) is 4. The van der Waals surface area contributed by atoms with E-state index in [1.54, 1.807) is 0 Å². The zero-order valence-electron chi connectivity index (χ0n) is 12.3. The van der Waals surface area contributed by atoms with Crippen LogP contribution < -0.4 is 10.2 Å². The third kappa shape index (κ3) is 4.18. The Morgan fingerprint density at radius 3 is 2.65 bits per heavy atom. The van der Waals surface area contributed by atoms with E-state index in [2.05, 4.69) is 32.2 Å². The van der Waals surface area contributed by atoms with Gasteiger partial charge in [0.05, 0.1) is 0 Å². The van der Waals surface area contributed by atoms with Gasteiger partial charge in [-0.2, -0.15) is 0 Å². The van der Waals surface area contributed by atoms with Crippen molar-refractivity contribution in [2.24, 2.45) is 0 Å². The molecule has 20 heavy (non-hydrogen) atoms. The summed E-state index contributed by atoms with van der Waals surface area (Å²) in [7, 11) is 0. The van der Waals surface area contributed by atoms with Gasteiger partial charge in [0.25, 0.3) is 0 Å². The largest absolute Gasteiger partial charge is 0.354 e. The highest BCUT2D eigenvalue weighted by molar-refractivity contribution is 5.38. The van der Waals surface area contributed by atoms with Gasteiger partial charge in [-0.15, -0.1) is 0 Å². The van der Waals surface area contributed by atoms with Gasteiger partial charge in [0.15, 0.2) is 0 Å². The molecule has 2 aliphatic rings. The van der Waals surface area contributed by atoms with E-state index in [0.717, 1.165) is 24.9 Å². The molecular formula is C16H26N4. The van der Waals surface area contributed by atoms with E-state index < -0.39 is 0 Å². The topological polar surface area (TPSA) is 31.4 Å². The Labute approximate surface area is 122 Å². The molecule has 3 rings (SSSR count). The van der Waals surface area contributed by atoms with Crippen molar-refractivity contribution in [3.8, 4) is 0 Å². The average Bonchev–Trinajstić information content (AvgIpc) is 3.33. The first-order chi connectivity index (χ1) is 9.92. The Bertz CT molecular complexity index is 383. The standard InChI is InChI=1S/C16H26N4/c1-2-9-18-16(5-1)20-13-11-19(12-14-20)10-4-3-8-17-15-6-7-15/h1-2,5,9,15,17H,3-4,6-8,10-14H2. The highest BCUT2D eigenvalue weighted by atomic mass is 15.3. The van der Waals surface area contributed by atoms with Crippen LogP contribution >= 0.6 is 0 Å². The summed E-state index contributed by atoms with van der Waals surface area (Å²) in [6, 6.07) is 7.02. The number of pyridine rings is 1. The maximum atomic E-state index is 4.44. The second kappa shape index (κ2) is 7.04. The van der Waals surface area contributed by atoms with Crippen LogP contribution in [0.25, 0.3) is 0 Å². The highest BCUT2D eigenvalue weighted by Gasteiger charge is 2.20. The van der Waals surface area contributed by atoms with E-state index in [1.165, 1.54) is 51.9 Å².